The molecular weight excluding hydrogens is 208 g/mol. The first-order valence-corrected chi connectivity index (χ1v) is 6.36. The monoisotopic (exact) mass is 228 g/mol. The van der Waals surface area contributed by atoms with Gasteiger partial charge in [-0.25, -0.2) is 0 Å². The summed E-state index contributed by atoms with van der Waals surface area (Å²) in [5.74, 6) is 1.18. The van der Waals surface area contributed by atoms with Crippen LogP contribution in [0.4, 0.5) is 0 Å². The molecule has 0 radical (unpaired) electrons. The second-order valence-electron chi connectivity index (χ2n) is 5.29. The number of hydrogen-bond acceptors (Lipinski definition) is 2. The van der Waals surface area contributed by atoms with Crippen LogP contribution < -0.4 is 0 Å². The van der Waals surface area contributed by atoms with Crippen molar-refractivity contribution < 1.29 is 0 Å². The zero-order valence-corrected chi connectivity index (χ0v) is 10.6. The number of likely N-dealkylation sites (tertiary alicyclic amines) is 1. The number of hydrogen-bond donors (Lipinski definition) is 0. The molecule has 0 N–H and O–H groups in total. The van der Waals surface area contributed by atoms with Crippen molar-refractivity contribution in [3.05, 3.63) is 35.9 Å². The molecule has 0 amide bonds. The van der Waals surface area contributed by atoms with Crippen molar-refractivity contribution in [3.63, 3.8) is 0 Å². The quantitative estimate of drug-likeness (QED) is 0.778. The van der Waals surface area contributed by atoms with Gasteiger partial charge in [-0.3, -0.25) is 4.90 Å². The lowest BCUT2D eigenvalue weighted by molar-refractivity contribution is 0.100. The summed E-state index contributed by atoms with van der Waals surface area (Å²) < 4.78 is 0. The van der Waals surface area contributed by atoms with E-state index in [0.29, 0.717) is 11.8 Å². The van der Waals surface area contributed by atoms with Gasteiger partial charge in [0.1, 0.15) is 0 Å². The summed E-state index contributed by atoms with van der Waals surface area (Å²) in [6.07, 6.45) is 0. The van der Waals surface area contributed by atoms with Crippen LogP contribution in [-0.2, 0) is 6.54 Å². The van der Waals surface area contributed by atoms with E-state index in [1.165, 1.54) is 5.56 Å². The van der Waals surface area contributed by atoms with E-state index >= 15 is 0 Å². The van der Waals surface area contributed by atoms with E-state index in [0.717, 1.165) is 19.6 Å². The van der Waals surface area contributed by atoms with Crippen LogP contribution in [0.15, 0.2) is 30.3 Å². The maximum Gasteiger partial charge on any atom is 0.0662 e. The van der Waals surface area contributed by atoms with Gasteiger partial charge < -0.3 is 0 Å². The van der Waals surface area contributed by atoms with Gasteiger partial charge in [0.25, 0.3) is 0 Å². The molecule has 0 aliphatic carbocycles. The highest BCUT2D eigenvalue weighted by atomic mass is 15.1. The Hall–Kier alpha value is -1.33. The van der Waals surface area contributed by atoms with Crippen LogP contribution in [0.2, 0.25) is 0 Å². The van der Waals surface area contributed by atoms with E-state index in [1.807, 2.05) is 0 Å². The Morgan fingerprint density at radius 3 is 2.29 bits per heavy atom. The van der Waals surface area contributed by atoms with Gasteiger partial charge in [-0.05, 0) is 17.4 Å². The lowest BCUT2D eigenvalue weighted by Crippen LogP contribution is -2.43. The molecule has 1 aromatic rings. The summed E-state index contributed by atoms with van der Waals surface area (Å²) in [6, 6.07) is 13.0. The normalized spacial score (nSPS) is 29.8. The summed E-state index contributed by atoms with van der Waals surface area (Å²) in [5.41, 5.74) is 1.36. The molecule has 1 heterocycles. The van der Waals surface area contributed by atoms with E-state index in [-0.39, 0.29) is 5.92 Å². The lowest BCUT2D eigenvalue weighted by Gasteiger charge is -2.38. The minimum atomic E-state index is 0.224. The van der Waals surface area contributed by atoms with Gasteiger partial charge in [-0.15, -0.1) is 0 Å². The van der Waals surface area contributed by atoms with Gasteiger partial charge in [-0.1, -0.05) is 44.2 Å². The predicted molar refractivity (Wildman–Crippen MR) is 69.2 cm³/mol. The first kappa shape index (κ1) is 12.1. The maximum atomic E-state index is 9.14. The Kier molecular flexibility index (Phi) is 3.81. The molecule has 1 saturated heterocycles. The summed E-state index contributed by atoms with van der Waals surface area (Å²) in [4.78, 5) is 2.47. The number of nitrogens with zero attached hydrogens (tertiary/aromatic N) is 2. The third-order valence-corrected chi connectivity index (χ3v) is 3.72. The highest BCUT2D eigenvalue weighted by Crippen LogP contribution is 2.28. The van der Waals surface area contributed by atoms with Crippen LogP contribution in [0.5, 0.6) is 0 Å². The van der Waals surface area contributed by atoms with Gasteiger partial charge in [-0.2, -0.15) is 5.26 Å². The number of rotatable bonds is 2. The van der Waals surface area contributed by atoms with Gasteiger partial charge in [0.15, 0.2) is 0 Å². The molecule has 0 saturated carbocycles. The summed E-state index contributed by atoms with van der Waals surface area (Å²) in [6.45, 7) is 7.48. The molecule has 2 atom stereocenters. The zero-order chi connectivity index (χ0) is 12.3. The molecular formula is C15H20N2. The summed E-state index contributed by atoms with van der Waals surface area (Å²) >= 11 is 0. The van der Waals surface area contributed by atoms with Gasteiger partial charge in [0.2, 0.25) is 0 Å². The lowest BCUT2D eigenvalue weighted by atomic mass is 9.80. The van der Waals surface area contributed by atoms with E-state index < -0.39 is 0 Å². The Bertz CT molecular complexity index is 381. The molecule has 0 bridgehead atoms. The van der Waals surface area contributed by atoms with Gasteiger partial charge in [0.05, 0.1) is 12.0 Å². The van der Waals surface area contributed by atoms with Crippen LogP contribution in [0.3, 0.4) is 0 Å². The number of piperidine rings is 1. The molecule has 90 valence electrons. The smallest absolute Gasteiger partial charge is 0.0662 e. The molecule has 17 heavy (non-hydrogen) atoms. The molecule has 2 heteroatoms. The zero-order valence-electron chi connectivity index (χ0n) is 10.6. The number of nitriles is 1. The molecule has 1 fully saturated rings. The fourth-order valence-corrected chi connectivity index (χ4v) is 2.90. The second kappa shape index (κ2) is 5.33. The Balaban J connectivity index is 1.99. The Morgan fingerprint density at radius 2 is 1.76 bits per heavy atom. The van der Waals surface area contributed by atoms with Gasteiger partial charge in [0, 0.05) is 19.6 Å². The molecule has 1 aromatic carbocycles. The minimum absolute atomic E-state index is 0.224. The van der Waals surface area contributed by atoms with Crippen molar-refractivity contribution in [3.8, 4) is 6.07 Å². The van der Waals surface area contributed by atoms with Gasteiger partial charge >= 0.3 is 0 Å². The SMILES string of the molecule is CC1CN(Cc2ccccc2)CC(C)C1C#N. The van der Waals surface area contributed by atoms with Crippen molar-refractivity contribution >= 4 is 0 Å². The molecule has 1 aliphatic rings. The van der Waals surface area contributed by atoms with Crippen molar-refractivity contribution in [1.82, 2.24) is 4.90 Å². The fourth-order valence-electron chi connectivity index (χ4n) is 2.90. The maximum absolute atomic E-state index is 9.14. The van der Waals surface area contributed by atoms with Crippen molar-refractivity contribution in [2.45, 2.75) is 20.4 Å². The molecule has 2 unspecified atom stereocenters. The Labute approximate surface area is 104 Å². The molecule has 2 nitrogen and oxygen atoms in total. The van der Waals surface area contributed by atoms with Crippen LogP contribution >= 0.6 is 0 Å². The molecule has 0 aromatic heterocycles. The highest BCUT2D eigenvalue weighted by Gasteiger charge is 2.31. The predicted octanol–water partition coefficient (Wildman–Crippen LogP) is 2.91. The van der Waals surface area contributed by atoms with Crippen LogP contribution in [0.25, 0.3) is 0 Å². The first-order valence-electron chi connectivity index (χ1n) is 6.36. The van der Waals surface area contributed by atoms with E-state index in [4.69, 9.17) is 5.26 Å². The largest absolute Gasteiger partial charge is 0.298 e. The van der Waals surface area contributed by atoms with Crippen LogP contribution in [0, 0.1) is 29.1 Å². The van der Waals surface area contributed by atoms with Crippen molar-refractivity contribution in [2.24, 2.45) is 17.8 Å². The van der Waals surface area contributed by atoms with E-state index in [2.05, 4.69) is 55.1 Å². The van der Waals surface area contributed by atoms with Crippen LogP contribution in [0.1, 0.15) is 19.4 Å². The van der Waals surface area contributed by atoms with E-state index in [9.17, 15) is 0 Å². The van der Waals surface area contributed by atoms with Crippen molar-refractivity contribution in [2.75, 3.05) is 13.1 Å². The standard InChI is InChI=1S/C15H20N2/c1-12-9-17(10-13(2)15(12)8-16)11-14-6-4-3-5-7-14/h3-7,12-13,15H,9-11H2,1-2H3. The Morgan fingerprint density at radius 1 is 1.18 bits per heavy atom. The topological polar surface area (TPSA) is 27.0 Å². The fraction of sp³-hybridized carbons (Fsp3) is 0.533. The molecule has 2 rings (SSSR count). The van der Waals surface area contributed by atoms with E-state index in [1.54, 1.807) is 0 Å². The number of benzene rings is 1. The highest BCUT2D eigenvalue weighted by molar-refractivity contribution is 5.14. The molecule has 0 spiro atoms. The summed E-state index contributed by atoms with van der Waals surface area (Å²) in [5, 5.41) is 9.14. The van der Waals surface area contributed by atoms with Crippen molar-refractivity contribution in [1.29, 1.82) is 5.26 Å². The second-order valence-corrected chi connectivity index (χ2v) is 5.29. The third-order valence-electron chi connectivity index (χ3n) is 3.72. The minimum Gasteiger partial charge on any atom is -0.298 e. The average Bonchev–Trinajstić information content (AvgIpc) is 2.30. The molecule has 1 aliphatic heterocycles. The third kappa shape index (κ3) is 2.87. The van der Waals surface area contributed by atoms with Crippen LogP contribution in [-0.4, -0.2) is 18.0 Å². The summed E-state index contributed by atoms with van der Waals surface area (Å²) in [7, 11) is 0. The first-order chi connectivity index (χ1) is 8.20. The average molecular weight is 228 g/mol.